The Kier molecular flexibility index (Phi) is 4.31. The van der Waals surface area contributed by atoms with Crippen LogP contribution in [0.3, 0.4) is 0 Å². The van der Waals surface area contributed by atoms with Gasteiger partial charge in [-0.25, -0.2) is 0 Å². The Morgan fingerprint density at radius 1 is 1.28 bits per heavy atom. The molecule has 1 saturated carbocycles. The van der Waals surface area contributed by atoms with E-state index in [1.165, 1.54) is 12.8 Å². The second kappa shape index (κ2) is 6.48. The van der Waals surface area contributed by atoms with Crippen molar-refractivity contribution < 1.29 is 9.59 Å². The van der Waals surface area contributed by atoms with Crippen LogP contribution < -0.4 is 0 Å². The quantitative estimate of drug-likeness (QED) is 0.905. The van der Waals surface area contributed by atoms with Gasteiger partial charge in [-0.15, -0.1) is 0 Å². The molecule has 0 aromatic carbocycles. The third kappa shape index (κ3) is 3.32. The summed E-state index contributed by atoms with van der Waals surface area (Å²) in [4.78, 5) is 34.7. The zero-order valence-corrected chi connectivity index (χ0v) is 15.0. The number of hydrogen-bond acceptors (Lipinski definition) is 3. The highest BCUT2D eigenvalue weighted by Crippen LogP contribution is 2.35. The number of aromatic amines is 1. The maximum Gasteiger partial charge on any atom is 0.270 e. The van der Waals surface area contributed by atoms with E-state index in [0.29, 0.717) is 24.6 Å². The molecule has 1 aliphatic carbocycles. The monoisotopic (exact) mass is 344 g/mol. The predicted molar refractivity (Wildman–Crippen MR) is 95.2 cm³/mol. The van der Waals surface area contributed by atoms with E-state index in [4.69, 9.17) is 0 Å². The van der Waals surface area contributed by atoms with Gasteiger partial charge < -0.3 is 14.8 Å². The van der Waals surface area contributed by atoms with Crippen molar-refractivity contribution in [2.75, 3.05) is 39.8 Å². The second-order valence-corrected chi connectivity index (χ2v) is 7.99. The lowest BCUT2D eigenvalue weighted by Crippen LogP contribution is -2.62. The van der Waals surface area contributed by atoms with Crippen LogP contribution in [0.1, 0.15) is 42.6 Å². The molecule has 136 valence electrons. The lowest BCUT2D eigenvalue weighted by atomic mass is 9.86. The summed E-state index contributed by atoms with van der Waals surface area (Å²) in [5, 5.41) is 0. The summed E-state index contributed by atoms with van der Waals surface area (Å²) in [5.41, 5.74) is 0.578. The van der Waals surface area contributed by atoms with Crippen molar-refractivity contribution in [2.45, 2.75) is 37.6 Å². The van der Waals surface area contributed by atoms with E-state index >= 15 is 0 Å². The minimum absolute atomic E-state index is 0.0721. The Balaban J connectivity index is 1.48. The van der Waals surface area contributed by atoms with Crippen molar-refractivity contribution in [3.05, 3.63) is 24.0 Å². The molecule has 0 bridgehead atoms. The number of nitrogens with zero attached hydrogens (tertiary/aromatic N) is 3. The molecule has 6 nitrogen and oxygen atoms in total. The van der Waals surface area contributed by atoms with Crippen LogP contribution in [-0.4, -0.2) is 76.8 Å². The Morgan fingerprint density at radius 2 is 2.12 bits per heavy atom. The SMILES string of the molecule is CN1CCN(C(=O)c2ccc[nH]2)CC12CCC(=O)N(CC1CC1)CC2. The van der Waals surface area contributed by atoms with E-state index < -0.39 is 0 Å². The molecule has 0 radical (unpaired) electrons. The normalized spacial score (nSPS) is 28.4. The summed E-state index contributed by atoms with van der Waals surface area (Å²) in [6.07, 6.45) is 6.73. The van der Waals surface area contributed by atoms with E-state index in [-0.39, 0.29) is 11.4 Å². The smallest absolute Gasteiger partial charge is 0.270 e. The van der Waals surface area contributed by atoms with Crippen LogP contribution in [0.5, 0.6) is 0 Å². The average Bonchev–Trinajstić information content (AvgIpc) is 3.30. The number of H-pyrrole nitrogens is 1. The zero-order valence-electron chi connectivity index (χ0n) is 15.0. The largest absolute Gasteiger partial charge is 0.357 e. The molecule has 1 aromatic heterocycles. The number of piperazine rings is 1. The van der Waals surface area contributed by atoms with Crippen molar-refractivity contribution in [1.82, 2.24) is 19.7 Å². The fourth-order valence-electron chi connectivity index (χ4n) is 4.31. The first-order valence-corrected chi connectivity index (χ1v) is 9.49. The number of likely N-dealkylation sites (N-methyl/N-ethyl adjacent to an activating group) is 1. The van der Waals surface area contributed by atoms with Gasteiger partial charge in [-0.3, -0.25) is 14.5 Å². The number of likely N-dealkylation sites (tertiary alicyclic amines) is 1. The molecular formula is C19H28N4O2. The first-order valence-electron chi connectivity index (χ1n) is 9.49. The van der Waals surface area contributed by atoms with Gasteiger partial charge in [0.1, 0.15) is 5.69 Å². The maximum atomic E-state index is 12.8. The fourth-order valence-corrected chi connectivity index (χ4v) is 4.31. The number of nitrogens with one attached hydrogen (secondary N) is 1. The molecule has 2 aliphatic heterocycles. The van der Waals surface area contributed by atoms with E-state index in [1.54, 1.807) is 6.20 Å². The summed E-state index contributed by atoms with van der Waals surface area (Å²) in [5.74, 6) is 1.10. The molecule has 3 fully saturated rings. The van der Waals surface area contributed by atoms with Gasteiger partial charge in [0.2, 0.25) is 5.91 Å². The summed E-state index contributed by atoms with van der Waals surface area (Å²) >= 11 is 0. The lowest BCUT2D eigenvalue weighted by molar-refractivity contribution is -0.130. The zero-order chi connectivity index (χ0) is 17.4. The van der Waals surface area contributed by atoms with Gasteiger partial charge in [0, 0.05) is 50.9 Å². The van der Waals surface area contributed by atoms with Crippen LogP contribution in [0.4, 0.5) is 0 Å². The van der Waals surface area contributed by atoms with Crippen molar-refractivity contribution in [2.24, 2.45) is 5.92 Å². The molecule has 1 atom stereocenters. The maximum absolute atomic E-state index is 12.8. The van der Waals surface area contributed by atoms with Gasteiger partial charge in [-0.2, -0.15) is 0 Å². The van der Waals surface area contributed by atoms with Gasteiger partial charge in [-0.05, 0) is 50.8 Å². The van der Waals surface area contributed by atoms with Crippen LogP contribution in [0, 0.1) is 5.92 Å². The first-order chi connectivity index (χ1) is 12.1. The van der Waals surface area contributed by atoms with E-state index in [0.717, 1.165) is 44.9 Å². The van der Waals surface area contributed by atoms with E-state index in [1.807, 2.05) is 17.0 Å². The Morgan fingerprint density at radius 3 is 2.84 bits per heavy atom. The number of carbonyl (C=O) groups excluding carboxylic acids is 2. The molecule has 1 unspecified atom stereocenters. The van der Waals surface area contributed by atoms with Crippen LogP contribution in [0.25, 0.3) is 0 Å². The Hall–Kier alpha value is -1.82. The van der Waals surface area contributed by atoms with Crippen LogP contribution in [0.2, 0.25) is 0 Å². The van der Waals surface area contributed by atoms with Gasteiger partial charge in [0.05, 0.1) is 0 Å². The lowest BCUT2D eigenvalue weighted by Gasteiger charge is -2.49. The van der Waals surface area contributed by atoms with Gasteiger partial charge in [0.25, 0.3) is 5.91 Å². The second-order valence-electron chi connectivity index (χ2n) is 7.99. The summed E-state index contributed by atoms with van der Waals surface area (Å²) in [6, 6.07) is 3.69. The minimum atomic E-state index is -0.0749. The average molecular weight is 344 g/mol. The molecule has 2 saturated heterocycles. The summed E-state index contributed by atoms with van der Waals surface area (Å²) in [6.45, 7) is 4.08. The number of hydrogen-bond donors (Lipinski definition) is 1. The molecule has 2 amide bonds. The Labute approximate surface area is 149 Å². The highest BCUT2D eigenvalue weighted by atomic mass is 16.2. The molecule has 1 spiro atoms. The number of carbonyl (C=O) groups is 2. The third-order valence-corrected chi connectivity index (χ3v) is 6.30. The van der Waals surface area contributed by atoms with E-state index in [2.05, 4.69) is 21.8 Å². The molecule has 3 aliphatic rings. The van der Waals surface area contributed by atoms with E-state index in [9.17, 15) is 9.59 Å². The van der Waals surface area contributed by atoms with Gasteiger partial charge in [-0.1, -0.05) is 0 Å². The predicted octanol–water partition coefficient (Wildman–Crippen LogP) is 1.56. The van der Waals surface area contributed by atoms with Crippen LogP contribution in [-0.2, 0) is 4.79 Å². The van der Waals surface area contributed by atoms with Crippen LogP contribution in [0.15, 0.2) is 18.3 Å². The van der Waals surface area contributed by atoms with Crippen molar-refractivity contribution in [3.8, 4) is 0 Å². The topological polar surface area (TPSA) is 59.7 Å². The third-order valence-electron chi connectivity index (χ3n) is 6.30. The van der Waals surface area contributed by atoms with Crippen LogP contribution >= 0.6 is 0 Å². The van der Waals surface area contributed by atoms with Crippen molar-refractivity contribution >= 4 is 11.8 Å². The number of aromatic nitrogens is 1. The van der Waals surface area contributed by atoms with Crippen molar-refractivity contribution in [3.63, 3.8) is 0 Å². The van der Waals surface area contributed by atoms with Gasteiger partial charge in [0.15, 0.2) is 0 Å². The standard InChI is InChI=1S/C19H28N4O2/c1-21-11-12-23(18(25)16-3-2-9-20-16)14-19(21)7-6-17(24)22(10-8-19)13-15-4-5-15/h2-3,9,15,20H,4-8,10-14H2,1H3. The molecule has 6 heteroatoms. The molecule has 3 heterocycles. The molecule has 1 N–H and O–H groups in total. The Bertz CT molecular complexity index is 640. The molecule has 25 heavy (non-hydrogen) atoms. The van der Waals surface area contributed by atoms with Crippen molar-refractivity contribution in [1.29, 1.82) is 0 Å². The summed E-state index contributed by atoms with van der Waals surface area (Å²) < 4.78 is 0. The highest BCUT2D eigenvalue weighted by molar-refractivity contribution is 5.92. The highest BCUT2D eigenvalue weighted by Gasteiger charge is 2.44. The fraction of sp³-hybridized carbons (Fsp3) is 0.684. The van der Waals surface area contributed by atoms with Gasteiger partial charge >= 0.3 is 0 Å². The minimum Gasteiger partial charge on any atom is -0.357 e. The molecule has 1 aromatic rings. The first kappa shape index (κ1) is 16.6. The molecule has 4 rings (SSSR count). The summed E-state index contributed by atoms with van der Waals surface area (Å²) in [7, 11) is 2.15. The number of amides is 2. The number of rotatable bonds is 3. The molecular weight excluding hydrogens is 316 g/mol.